The molecule has 4 heteroatoms. The minimum atomic E-state index is 0.458. The monoisotopic (exact) mass is 339 g/mol. The summed E-state index contributed by atoms with van der Waals surface area (Å²) in [6, 6.07) is 0. The highest BCUT2D eigenvalue weighted by Gasteiger charge is 2.50. The maximum atomic E-state index is 4.67. The summed E-state index contributed by atoms with van der Waals surface area (Å²) in [6.45, 7) is 6.40. The third-order valence-electron chi connectivity index (χ3n) is 5.60. The van der Waals surface area contributed by atoms with Crippen LogP contribution in [0.4, 0.5) is 0 Å². The first-order valence-corrected chi connectivity index (χ1v) is 8.75. The number of hydrogen-bond donors (Lipinski definition) is 1. The Labute approximate surface area is 130 Å². The molecule has 0 aromatic carbocycles. The molecule has 3 atom stereocenters. The average molecular weight is 340 g/mol. The molecule has 0 radical (unpaired) electrons. The molecule has 1 aromatic heterocycles. The third-order valence-corrected chi connectivity index (χ3v) is 6.64. The Hall–Kier alpha value is -0.350. The average Bonchev–Trinajstić information content (AvgIpc) is 3.08. The van der Waals surface area contributed by atoms with Crippen molar-refractivity contribution in [3.63, 3.8) is 0 Å². The Bertz CT molecular complexity index is 496. The summed E-state index contributed by atoms with van der Waals surface area (Å²) >= 11 is 3.77. The van der Waals surface area contributed by atoms with E-state index in [0.717, 1.165) is 30.6 Å². The molecule has 3 nitrogen and oxygen atoms in total. The Kier molecular flexibility index (Phi) is 3.97. The lowest BCUT2D eigenvalue weighted by Crippen LogP contribution is -2.40. The molecular formula is C16H26BrN3. The summed E-state index contributed by atoms with van der Waals surface area (Å²) in [5.74, 6) is 1.89. The van der Waals surface area contributed by atoms with Gasteiger partial charge in [0.15, 0.2) is 0 Å². The molecule has 2 aliphatic rings. The third kappa shape index (κ3) is 2.25. The Morgan fingerprint density at radius 1 is 1.45 bits per heavy atom. The van der Waals surface area contributed by atoms with E-state index >= 15 is 0 Å². The minimum Gasteiger partial charge on any atom is -0.319 e. The molecular weight excluding hydrogens is 314 g/mol. The molecule has 2 aliphatic carbocycles. The number of rotatable bonds is 5. The predicted octanol–water partition coefficient (Wildman–Crippen LogP) is 3.54. The van der Waals surface area contributed by atoms with Crippen molar-refractivity contribution in [1.29, 1.82) is 0 Å². The van der Waals surface area contributed by atoms with Crippen LogP contribution in [0.25, 0.3) is 0 Å². The van der Waals surface area contributed by atoms with E-state index in [9.17, 15) is 0 Å². The van der Waals surface area contributed by atoms with Gasteiger partial charge in [0.2, 0.25) is 0 Å². The number of aromatic nitrogens is 2. The van der Waals surface area contributed by atoms with Crippen molar-refractivity contribution in [3.05, 3.63) is 15.9 Å². The molecule has 1 heterocycles. The first-order valence-electron chi connectivity index (χ1n) is 7.96. The molecule has 2 fully saturated rings. The van der Waals surface area contributed by atoms with Crippen LogP contribution in [0.3, 0.4) is 0 Å². The molecule has 20 heavy (non-hydrogen) atoms. The van der Waals surface area contributed by atoms with Crippen LogP contribution in [0.2, 0.25) is 0 Å². The maximum Gasteiger partial charge on any atom is 0.0738 e. The predicted molar refractivity (Wildman–Crippen MR) is 85.8 cm³/mol. The maximum absolute atomic E-state index is 4.67. The van der Waals surface area contributed by atoms with Gasteiger partial charge < -0.3 is 5.32 Å². The molecule has 1 aromatic rings. The van der Waals surface area contributed by atoms with E-state index in [1.54, 1.807) is 0 Å². The Morgan fingerprint density at radius 2 is 2.25 bits per heavy atom. The number of aryl methyl sites for hydroxylation is 2. The van der Waals surface area contributed by atoms with Crippen molar-refractivity contribution < 1.29 is 0 Å². The fraction of sp³-hybridized carbons (Fsp3) is 0.812. The molecule has 0 spiro atoms. The van der Waals surface area contributed by atoms with Crippen LogP contribution in [0.15, 0.2) is 4.47 Å². The van der Waals surface area contributed by atoms with Crippen LogP contribution >= 0.6 is 15.9 Å². The van der Waals surface area contributed by atoms with Crippen molar-refractivity contribution in [3.8, 4) is 0 Å². The zero-order valence-corrected chi connectivity index (χ0v) is 14.5. The largest absolute Gasteiger partial charge is 0.319 e. The molecule has 0 saturated heterocycles. The van der Waals surface area contributed by atoms with Gasteiger partial charge >= 0.3 is 0 Å². The molecule has 112 valence electrons. The molecule has 3 rings (SSSR count). The summed E-state index contributed by atoms with van der Waals surface area (Å²) in [5.41, 5.74) is 3.00. The van der Waals surface area contributed by atoms with Gasteiger partial charge in [0, 0.05) is 13.1 Å². The van der Waals surface area contributed by atoms with Crippen LogP contribution in [-0.2, 0) is 13.0 Å². The highest BCUT2D eigenvalue weighted by molar-refractivity contribution is 9.10. The Morgan fingerprint density at radius 3 is 2.80 bits per heavy atom. The standard InChI is InChI=1S/C16H26BrN3/c1-4-20-14(15(17)11(2)19-20)9-16(10-18-3)8-12-5-6-13(16)7-12/h12-13,18H,4-10H2,1-3H3. The molecule has 0 aliphatic heterocycles. The van der Waals surface area contributed by atoms with Crippen LogP contribution in [-0.4, -0.2) is 23.4 Å². The van der Waals surface area contributed by atoms with E-state index < -0.39 is 0 Å². The van der Waals surface area contributed by atoms with Crippen LogP contribution < -0.4 is 5.32 Å². The van der Waals surface area contributed by atoms with Crippen LogP contribution in [0, 0.1) is 24.2 Å². The van der Waals surface area contributed by atoms with Gasteiger partial charge in [0.1, 0.15) is 0 Å². The van der Waals surface area contributed by atoms with Gasteiger partial charge in [-0.1, -0.05) is 6.42 Å². The lowest BCUT2D eigenvalue weighted by atomic mass is 9.70. The van der Waals surface area contributed by atoms with Gasteiger partial charge in [-0.25, -0.2) is 0 Å². The van der Waals surface area contributed by atoms with Crippen molar-refractivity contribution in [2.45, 2.75) is 52.5 Å². The first-order chi connectivity index (χ1) is 9.59. The SMILES string of the molecule is CCn1nc(C)c(Br)c1CC1(CNC)CC2CCC1C2. The highest BCUT2D eigenvalue weighted by atomic mass is 79.9. The van der Waals surface area contributed by atoms with E-state index in [-0.39, 0.29) is 0 Å². The Balaban J connectivity index is 1.91. The minimum absolute atomic E-state index is 0.458. The molecule has 2 saturated carbocycles. The fourth-order valence-electron chi connectivity index (χ4n) is 4.78. The highest BCUT2D eigenvalue weighted by Crippen LogP contribution is 2.57. The van der Waals surface area contributed by atoms with Crippen LogP contribution in [0.1, 0.15) is 44.0 Å². The van der Waals surface area contributed by atoms with Gasteiger partial charge in [-0.2, -0.15) is 5.10 Å². The molecule has 1 N–H and O–H groups in total. The number of hydrogen-bond acceptors (Lipinski definition) is 2. The lowest BCUT2D eigenvalue weighted by molar-refractivity contribution is 0.156. The molecule has 0 amide bonds. The van der Waals surface area contributed by atoms with E-state index in [4.69, 9.17) is 0 Å². The summed E-state index contributed by atoms with van der Waals surface area (Å²) in [5, 5.41) is 8.15. The number of halogens is 1. The molecule has 3 unspecified atom stereocenters. The van der Waals surface area contributed by atoms with Crippen LogP contribution in [0.5, 0.6) is 0 Å². The summed E-state index contributed by atoms with van der Waals surface area (Å²) in [7, 11) is 2.10. The zero-order chi connectivity index (χ0) is 14.3. The smallest absolute Gasteiger partial charge is 0.0738 e. The van der Waals surface area contributed by atoms with E-state index in [1.807, 2.05) is 0 Å². The second-order valence-electron chi connectivity index (χ2n) is 6.81. The van der Waals surface area contributed by atoms with Gasteiger partial charge in [0.05, 0.1) is 15.9 Å². The summed E-state index contributed by atoms with van der Waals surface area (Å²) in [6.07, 6.45) is 6.92. The lowest BCUT2D eigenvalue weighted by Gasteiger charge is -2.38. The zero-order valence-electron chi connectivity index (χ0n) is 12.9. The summed E-state index contributed by atoms with van der Waals surface area (Å²) < 4.78 is 3.43. The number of nitrogens with zero attached hydrogens (tertiary/aromatic N) is 2. The van der Waals surface area contributed by atoms with Crippen molar-refractivity contribution >= 4 is 15.9 Å². The van der Waals surface area contributed by atoms with E-state index in [0.29, 0.717) is 5.41 Å². The topological polar surface area (TPSA) is 29.9 Å². The van der Waals surface area contributed by atoms with Gasteiger partial charge in [-0.3, -0.25) is 4.68 Å². The second kappa shape index (κ2) is 5.45. The van der Waals surface area contributed by atoms with E-state index in [2.05, 4.69) is 51.9 Å². The van der Waals surface area contributed by atoms with Gasteiger partial charge in [-0.15, -0.1) is 0 Å². The van der Waals surface area contributed by atoms with Gasteiger partial charge in [-0.05, 0) is 79.8 Å². The van der Waals surface area contributed by atoms with E-state index in [1.165, 1.54) is 42.3 Å². The number of fused-ring (bicyclic) bond motifs is 2. The molecule has 2 bridgehead atoms. The second-order valence-corrected chi connectivity index (χ2v) is 7.60. The quantitative estimate of drug-likeness (QED) is 0.889. The van der Waals surface area contributed by atoms with Gasteiger partial charge in [0.25, 0.3) is 0 Å². The van der Waals surface area contributed by atoms with Crippen molar-refractivity contribution in [1.82, 2.24) is 15.1 Å². The van der Waals surface area contributed by atoms with Crippen molar-refractivity contribution in [2.24, 2.45) is 17.3 Å². The normalized spacial score (nSPS) is 32.2. The number of nitrogens with one attached hydrogen (secondary N) is 1. The van der Waals surface area contributed by atoms with Crippen molar-refractivity contribution in [2.75, 3.05) is 13.6 Å². The summed E-state index contributed by atoms with van der Waals surface area (Å²) in [4.78, 5) is 0. The first kappa shape index (κ1) is 14.6. The fourth-order valence-corrected chi connectivity index (χ4v) is 5.20.